The highest BCUT2D eigenvalue weighted by Crippen LogP contribution is 2.62. The number of benzene rings is 1. The molecule has 1 aromatic carbocycles. The lowest BCUT2D eigenvalue weighted by Crippen LogP contribution is -2.68. The molecule has 8 fully saturated rings. The van der Waals surface area contributed by atoms with Gasteiger partial charge in [0.15, 0.2) is 0 Å². The van der Waals surface area contributed by atoms with E-state index in [0.29, 0.717) is 6.98 Å². The lowest BCUT2D eigenvalue weighted by molar-refractivity contribution is 0.111. The monoisotopic (exact) mass is 552 g/mol. The van der Waals surface area contributed by atoms with Crippen LogP contribution in [0.4, 0.5) is 0 Å². The van der Waals surface area contributed by atoms with Gasteiger partial charge in [-0.2, -0.15) is 0 Å². The summed E-state index contributed by atoms with van der Waals surface area (Å²) in [5.41, 5.74) is 1.67. The molecule has 2 saturated heterocycles. The average molecular weight is 553 g/mol. The molecule has 6 aliphatic carbocycles. The van der Waals surface area contributed by atoms with Crippen molar-refractivity contribution < 1.29 is 0 Å². The molecular formula is C38H57BN2. The molecule has 2 heterocycles. The van der Waals surface area contributed by atoms with Crippen molar-refractivity contribution in [2.24, 2.45) is 59.2 Å². The van der Waals surface area contributed by atoms with Gasteiger partial charge in [0.05, 0.1) is 0 Å². The summed E-state index contributed by atoms with van der Waals surface area (Å²) in [6.45, 7) is 5.71. The molecule has 222 valence electrons. The minimum atomic E-state index is 0.532. The zero-order chi connectivity index (χ0) is 27.2. The first kappa shape index (κ1) is 26.6. The van der Waals surface area contributed by atoms with Gasteiger partial charge in [0.2, 0.25) is 0 Å². The SMILES string of the molecule is CC1CCC2C(C1)C1CC3CCCCC3C1N2B(c1ccccc1)N1C2CCC(C)CC2C2CC3CCCCC3C21. The quantitative estimate of drug-likeness (QED) is 0.351. The first-order valence-corrected chi connectivity index (χ1v) is 18.8. The van der Waals surface area contributed by atoms with Gasteiger partial charge in [-0.25, -0.2) is 0 Å². The van der Waals surface area contributed by atoms with Crippen molar-refractivity contribution in [1.82, 2.24) is 9.62 Å². The molecule has 8 aliphatic rings. The lowest BCUT2D eigenvalue weighted by Gasteiger charge is -2.50. The van der Waals surface area contributed by atoms with E-state index >= 15 is 0 Å². The number of hydrogen-bond donors (Lipinski definition) is 0. The van der Waals surface area contributed by atoms with E-state index < -0.39 is 0 Å². The second-order valence-corrected chi connectivity index (χ2v) is 17.2. The van der Waals surface area contributed by atoms with Crippen LogP contribution in [0.1, 0.15) is 117 Å². The van der Waals surface area contributed by atoms with Crippen LogP contribution in [0.15, 0.2) is 30.3 Å². The summed E-state index contributed by atoms with van der Waals surface area (Å²) in [6, 6.07) is 15.6. The average Bonchev–Trinajstić information content (AvgIpc) is 3.72. The minimum absolute atomic E-state index is 0.532. The smallest absolute Gasteiger partial charge is 0.318 e. The largest absolute Gasteiger partial charge is 0.347 e. The topological polar surface area (TPSA) is 6.48 Å². The number of rotatable bonds is 3. The lowest BCUT2D eigenvalue weighted by atomic mass is 9.59. The fourth-order valence-electron chi connectivity index (χ4n) is 14.0. The summed E-state index contributed by atoms with van der Waals surface area (Å²) >= 11 is 0. The Bertz CT molecular complexity index is 1030. The molecule has 41 heavy (non-hydrogen) atoms. The van der Waals surface area contributed by atoms with Crippen molar-refractivity contribution in [2.75, 3.05) is 0 Å². The Hall–Kier alpha value is -0.795. The zero-order valence-corrected chi connectivity index (χ0v) is 26.3. The third kappa shape index (κ3) is 4.09. The van der Waals surface area contributed by atoms with E-state index in [1.54, 1.807) is 18.3 Å². The molecule has 2 nitrogen and oxygen atoms in total. The van der Waals surface area contributed by atoms with Crippen molar-refractivity contribution in [3.63, 3.8) is 0 Å². The van der Waals surface area contributed by atoms with E-state index in [1.165, 1.54) is 89.9 Å². The molecule has 6 saturated carbocycles. The predicted octanol–water partition coefficient (Wildman–Crippen LogP) is 8.01. The maximum absolute atomic E-state index is 3.36. The minimum Gasteiger partial charge on any atom is -0.318 e. The maximum Gasteiger partial charge on any atom is 0.347 e. The van der Waals surface area contributed by atoms with Crippen molar-refractivity contribution in [3.8, 4) is 0 Å². The molecule has 0 amide bonds. The van der Waals surface area contributed by atoms with Crippen LogP contribution in [-0.2, 0) is 0 Å². The Morgan fingerprint density at radius 3 is 1.51 bits per heavy atom. The van der Waals surface area contributed by atoms with Crippen LogP contribution in [0.2, 0.25) is 0 Å². The summed E-state index contributed by atoms with van der Waals surface area (Å²) in [6.07, 6.45) is 24.2. The van der Waals surface area contributed by atoms with Crippen molar-refractivity contribution >= 4 is 12.4 Å². The van der Waals surface area contributed by atoms with Gasteiger partial charge in [0.25, 0.3) is 0 Å². The fraction of sp³-hybridized carbons (Fsp3) is 0.842. The summed E-state index contributed by atoms with van der Waals surface area (Å²) in [5, 5.41) is 0. The first-order valence-electron chi connectivity index (χ1n) is 18.8. The second-order valence-electron chi connectivity index (χ2n) is 17.2. The summed E-state index contributed by atoms with van der Waals surface area (Å²) in [5.74, 6) is 9.78. The van der Waals surface area contributed by atoms with Crippen LogP contribution in [-0.4, -0.2) is 40.8 Å². The standard InChI is InChI=1S/C38H57BN2/c1-24-16-18-35-31(20-24)33-22-26-10-6-8-14-29(26)37(33)40(35)39(28-12-4-3-5-13-28)41-36-19-17-25(2)21-32(36)34-23-27-11-7-9-15-30(27)38(34)41/h3-5,12-13,24-27,29-38H,6-11,14-23H2,1-2H3. The molecular weight excluding hydrogens is 495 g/mol. The summed E-state index contributed by atoms with van der Waals surface area (Å²) < 4.78 is 0. The molecule has 14 unspecified atom stereocenters. The van der Waals surface area contributed by atoms with E-state index in [9.17, 15) is 0 Å². The number of nitrogens with zero attached hydrogens (tertiary/aromatic N) is 2. The molecule has 2 aliphatic heterocycles. The zero-order valence-electron chi connectivity index (χ0n) is 26.3. The third-order valence-electron chi connectivity index (χ3n) is 15.3. The Balaban J connectivity index is 1.18. The highest BCUT2D eigenvalue weighted by Gasteiger charge is 2.66. The Morgan fingerprint density at radius 2 is 1.00 bits per heavy atom. The van der Waals surface area contributed by atoms with Crippen LogP contribution >= 0.6 is 0 Å². The van der Waals surface area contributed by atoms with Crippen LogP contribution in [0.25, 0.3) is 0 Å². The van der Waals surface area contributed by atoms with Gasteiger partial charge in [-0.15, -0.1) is 0 Å². The van der Waals surface area contributed by atoms with Gasteiger partial charge in [0, 0.05) is 24.2 Å². The molecule has 0 spiro atoms. The first-order chi connectivity index (χ1) is 20.2. The molecule has 0 radical (unpaired) electrons. The second kappa shape index (κ2) is 10.4. The van der Waals surface area contributed by atoms with E-state index in [0.717, 1.165) is 83.3 Å². The van der Waals surface area contributed by atoms with E-state index in [4.69, 9.17) is 0 Å². The molecule has 0 aromatic heterocycles. The summed E-state index contributed by atoms with van der Waals surface area (Å²) in [7, 11) is 0. The van der Waals surface area contributed by atoms with Crippen LogP contribution in [0.3, 0.4) is 0 Å². The van der Waals surface area contributed by atoms with Gasteiger partial charge < -0.3 is 9.62 Å². The molecule has 14 atom stereocenters. The van der Waals surface area contributed by atoms with Crippen molar-refractivity contribution in [2.45, 2.75) is 141 Å². The Kier molecular flexibility index (Phi) is 6.74. The highest BCUT2D eigenvalue weighted by atomic mass is 15.3. The molecule has 0 bridgehead atoms. The Morgan fingerprint density at radius 1 is 0.512 bits per heavy atom. The van der Waals surface area contributed by atoms with Gasteiger partial charge in [-0.1, -0.05) is 82.7 Å². The molecule has 0 N–H and O–H groups in total. The van der Waals surface area contributed by atoms with Crippen molar-refractivity contribution in [1.29, 1.82) is 0 Å². The molecule has 9 rings (SSSR count). The van der Waals surface area contributed by atoms with Gasteiger partial charge in [0.1, 0.15) is 0 Å². The third-order valence-corrected chi connectivity index (χ3v) is 15.3. The van der Waals surface area contributed by atoms with Gasteiger partial charge in [-0.3, -0.25) is 0 Å². The highest BCUT2D eigenvalue weighted by molar-refractivity contribution is 6.68. The predicted molar refractivity (Wildman–Crippen MR) is 171 cm³/mol. The Labute approximate surface area is 251 Å². The number of fused-ring (bicyclic) bond motifs is 10. The fourth-order valence-corrected chi connectivity index (χ4v) is 14.0. The number of hydrogen-bond acceptors (Lipinski definition) is 2. The van der Waals surface area contributed by atoms with E-state index in [1.807, 2.05) is 0 Å². The van der Waals surface area contributed by atoms with Gasteiger partial charge >= 0.3 is 6.98 Å². The van der Waals surface area contributed by atoms with E-state index in [2.05, 4.69) is 53.8 Å². The summed E-state index contributed by atoms with van der Waals surface area (Å²) in [4.78, 5) is 6.72. The van der Waals surface area contributed by atoms with Crippen LogP contribution < -0.4 is 5.46 Å². The van der Waals surface area contributed by atoms with Gasteiger partial charge in [-0.05, 0) is 129 Å². The van der Waals surface area contributed by atoms with E-state index in [-0.39, 0.29) is 0 Å². The molecule has 3 heteroatoms. The van der Waals surface area contributed by atoms with Crippen LogP contribution in [0, 0.1) is 59.2 Å². The molecule has 1 aromatic rings. The normalized spacial score (nSPS) is 50.9. The van der Waals surface area contributed by atoms with Crippen molar-refractivity contribution in [3.05, 3.63) is 30.3 Å². The maximum atomic E-state index is 3.36. The van der Waals surface area contributed by atoms with Crippen LogP contribution in [0.5, 0.6) is 0 Å².